The zero-order valence-corrected chi connectivity index (χ0v) is 17.7. The lowest BCUT2D eigenvalue weighted by Crippen LogP contribution is -2.54. The summed E-state index contributed by atoms with van der Waals surface area (Å²) in [5.41, 5.74) is 1.35. The third-order valence-corrected chi connectivity index (χ3v) is 4.70. The number of hydrogen-bond donors (Lipinski definition) is 1. The van der Waals surface area contributed by atoms with Crippen LogP contribution in [-0.4, -0.2) is 68.2 Å². The second kappa shape index (κ2) is 10.8. The first-order chi connectivity index (χ1) is 11.2. The lowest BCUT2D eigenvalue weighted by atomic mass is 10.1. The van der Waals surface area contributed by atoms with Gasteiger partial charge >= 0.3 is 6.09 Å². The molecule has 6 nitrogen and oxygen atoms in total. The first-order valence-electron chi connectivity index (χ1n) is 8.05. The molecule has 2 heterocycles. The van der Waals surface area contributed by atoms with Crippen LogP contribution in [0.5, 0.6) is 0 Å². The van der Waals surface area contributed by atoms with Crippen LogP contribution >= 0.6 is 35.3 Å². The van der Waals surface area contributed by atoms with E-state index in [2.05, 4.69) is 39.0 Å². The maximum atomic E-state index is 11.7. The monoisotopic (exact) mass is 466 g/mol. The van der Waals surface area contributed by atoms with Crippen molar-refractivity contribution in [3.05, 3.63) is 22.4 Å². The molecule has 1 atom stereocenters. The van der Waals surface area contributed by atoms with Crippen molar-refractivity contribution in [2.75, 3.05) is 46.4 Å². The van der Waals surface area contributed by atoms with E-state index < -0.39 is 0 Å². The average Bonchev–Trinajstić information content (AvgIpc) is 3.10. The Kier molecular flexibility index (Phi) is 9.42. The lowest BCUT2D eigenvalue weighted by Gasteiger charge is -2.36. The van der Waals surface area contributed by atoms with Gasteiger partial charge in [-0.05, 0) is 35.2 Å². The van der Waals surface area contributed by atoms with E-state index in [1.165, 1.54) is 5.56 Å². The summed E-state index contributed by atoms with van der Waals surface area (Å²) in [5, 5.41) is 7.74. The highest BCUT2D eigenvalue weighted by Crippen LogP contribution is 2.17. The SMILES string of the molecule is CCOC(=O)N1CCN(C(=NC)NCC(C)c2ccsc2)CC1.I. The van der Waals surface area contributed by atoms with Crippen molar-refractivity contribution >= 4 is 47.4 Å². The third kappa shape index (κ3) is 5.80. The summed E-state index contributed by atoms with van der Waals surface area (Å²) in [4.78, 5) is 20.0. The Hall–Kier alpha value is -1.03. The Morgan fingerprint density at radius 2 is 2.04 bits per heavy atom. The molecule has 0 aromatic carbocycles. The molecular formula is C16H27IN4O2S. The van der Waals surface area contributed by atoms with Crippen LogP contribution in [-0.2, 0) is 4.74 Å². The van der Waals surface area contributed by atoms with Gasteiger partial charge in [0.25, 0.3) is 0 Å². The van der Waals surface area contributed by atoms with Crippen LogP contribution in [0.3, 0.4) is 0 Å². The second-order valence-electron chi connectivity index (χ2n) is 5.56. The maximum absolute atomic E-state index is 11.7. The molecule has 24 heavy (non-hydrogen) atoms. The van der Waals surface area contributed by atoms with Gasteiger partial charge in [-0.25, -0.2) is 4.79 Å². The number of aliphatic imine (C=N–C) groups is 1. The van der Waals surface area contributed by atoms with Crippen LogP contribution in [0, 0.1) is 0 Å². The molecule has 1 amide bonds. The summed E-state index contributed by atoms with van der Waals surface area (Å²) in [5.74, 6) is 1.34. The summed E-state index contributed by atoms with van der Waals surface area (Å²) < 4.78 is 5.05. The van der Waals surface area contributed by atoms with Crippen molar-refractivity contribution < 1.29 is 9.53 Å². The van der Waals surface area contributed by atoms with E-state index in [4.69, 9.17) is 4.74 Å². The fraction of sp³-hybridized carbons (Fsp3) is 0.625. The Balaban J connectivity index is 0.00000288. The van der Waals surface area contributed by atoms with Gasteiger partial charge in [-0.1, -0.05) is 6.92 Å². The molecule has 1 N–H and O–H groups in total. The number of piperazine rings is 1. The lowest BCUT2D eigenvalue weighted by molar-refractivity contribution is 0.0914. The molecule has 0 radical (unpaired) electrons. The normalized spacial score (nSPS) is 16.4. The Bertz CT molecular complexity index is 516. The smallest absolute Gasteiger partial charge is 0.409 e. The Labute approximate surface area is 165 Å². The molecule has 1 aromatic rings. The first kappa shape index (κ1) is 21.0. The van der Waals surface area contributed by atoms with Crippen LogP contribution in [0.15, 0.2) is 21.8 Å². The van der Waals surface area contributed by atoms with Gasteiger partial charge in [0.1, 0.15) is 0 Å². The van der Waals surface area contributed by atoms with E-state index in [-0.39, 0.29) is 30.1 Å². The Morgan fingerprint density at radius 3 is 2.58 bits per heavy atom. The molecule has 2 rings (SSSR count). The number of carbonyl (C=O) groups is 1. The predicted octanol–water partition coefficient (Wildman–Crippen LogP) is 2.82. The molecule has 0 aliphatic carbocycles. The fourth-order valence-corrected chi connectivity index (χ4v) is 3.35. The van der Waals surface area contributed by atoms with Gasteiger partial charge in [0.15, 0.2) is 5.96 Å². The molecular weight excluding hydrogens is 439 g/mol. The van der Waals surface area contributed by atoms with E-state index in [1.807, 2.05) is 6.92 Å². The first-order valence-corrected chi connectivity index (χ1v) is 8.99. The molecule has 1 aliphatic heterocycles. The van der Waals surface area contributed by atoms with Crippen molar-refractivity contribution in [1.29, 1.82) is 0 Å². The summed E-state index contributed by atoms with van der Waals surface area (Å²) >= 11 is 1.73. The molecule has 1 aliphatic rings. The number of thiophene rings is 1. The summed E-state index contributed by atoms with van der Waals surface area (Å²) in [7, 11) is 1.80. The number of rotatable bonds is 4. The molecule has 1 fully saturated rings. The van der Waals surface area contributed by atoms with Gasteiger partial charge in [0, 0.05) is 39.8 Å². The minimum absolute atomic E-state index is 0. The topological polar surface area (TPSA) is 57.2 Å². The number of carbonyl (C=O) groups excluding carboxylic acids is 1. The van der Waals surface area contributed by atoms with Gasteiger partial charge in [0.2, 0.25) is 0 Å². The van der Waals surface area contributed by atoms with Crippen LogP contribution in [0.2, 0.25) is 0 Å². The highest BCUT2D eigenvalue weighted by atomic mass is 127. The molecule has 1 aromatic heterocycles. The van der Waals surface area contributed by atoms with E-state index >= 15 is 0 Å². The number of halogens is 1. The molecule has 8 heteroatoms. The number of ether oxygens (including phenoxy) is 1. The van der Waals surface area contributed by atoms with Crippen molar-refractivity contribution in [3.63, 3.8) is 0 Å². The van der Waals surface area contributed by atoms with E-state index in [9.17, 15) is 4.79 Å². The van der Waals surface area contributed by atoms with Crippen molar-refractivity contribution in [2.24, 2.45) is 4.99 Å². The summed E-state index contributed by atoms with van der Waals surface area (Å²) in [6, 6.07) is 2.16. The molecule has 1 saturated heterocycles. The molecule has 0 bridgehead atoms. The van der Waals surface area contributed by atoms with Gasteiger partial charge in [-0.3, -0.25) is 4.99 Å². The number of hydrogen-bond acceptors (Lipinski definition) is 4. The van der Waals surface area contributed by atoms with Crippen molar-refractivity contribution in [2.45, 2.75) is 19.8 Å². The van der Waals surface area contributed by atoms with E-state index in [0.29, 0.717) is 25.6 Å². The zero-order valence-electron chi connectivity index (χ0n) is 14.5. The standard InChI is InChI=1S/C16H26N4O2S.HI/c1-4-22-16(21)20-8-6-19(7-9-20)15(17-3)18-11-13(2)14-5-10-23-12-14;/h5,10,12-13H,4,6-9,11H2,1-3H3,(H,17,18);1H. The zero-order chi connectivity index (χ0) is 16.7. The fourth-order valence-electron chi connectivity index (χ4n) is 2.57. The number of nitrogens with zero attached hydrogens (tertiary/aromatic N) is 3. The average molecular weight is 466 g/mol. The quantitative estimate of drug-likeness (QED) is 0.421. The minimum Gasteiger partial charge on any atom is -0.450 e. The summed E-state index contributed by atoms with van der Waals surface area (Å²) in [6.45, 7) is 8.18. The van der Waals surface area contributed by atoms with Crippen LogP contribution in [0.25, 0.3) is 0 Å². The number of guanidine groups is 1. The molecule has 136 valence electrons. The van der Waals surface area contributed by atoms with Crippen LogP contribution in [0.4, 0.5) is 4.79 Å². The largest absolute Gasteiger partial charge is 0.450 e. The van der Waals surface area contributed by atoms with Gasteiger partial charge in [-0.15, -0.1) is 24.0 Å². The highest BCUT2D eigenvalue weighted by molar-refractivity contribution is 14.0. The van der Waals surface area contributed by atoms with Crippen LogP contribution < -0.4 is 5.32 Å². The summed E-state index contributed by atoms with van der Waals surface area (Å²) in [6.07, 6.45) is -0.221. The van der Waals surface area contributed by atoms with Crippen molar-refractivity contribution in [3.8, 4) is 0 Å². The van der Waals surface area contributed by atoms with Crippen LogP contribution in [0.1, 0.15) is 25.3 Å². The van der Waals surface area contributed by atoms with Gasteiger partial charge < -0.3 is 19.9 Å². The van der Waals surface area contributed by atoms with Gasteiger partial charge in [-0.2, -0.15) is 11.3 Å². The molecule has 0 saturated carbocycles. The Morgan fingerprint density at radius 1 is 1.38 bits per heavy atom. The van der Waals surface area contributed by atoms with Gasteiger partial charge in [0.05, 0.1) is 6.61 Å². The van der Waals surface area contributed by atoms with E-state index in [1.54, 1.807) is 23.3 Å². The molecule has 0 spiro atoms. The van der Waals surface area contributed by atoms with Crippen molar-refractivity contribution in [1.82, 2.24) is 15.1 Å². The third-order valence-electron chi connectivity index (χ3n) is 4.00. The maximum Gasteiger partial charge on any atom is 0.409 e. The highest BCUT2D eigenvalue weighted by Gasteiger charge is 2.23. The number of amides is 1. The minimum atomic E-state index is -0.221. The van der Waals surface area contributed by atoms with E-state index in [0.717, 1.165) is 25.6 Å². The second-order valence-corrected chi connectivity index (χ2v) is 6.34. The predicted molar refractivity (Wildman–Crippen MR) is 110 cm³/mol. The molecule has 1 unspecified atom stereocenters. The number of nitrogens with one attached hydrogen (secondary N) is 1.